The summed E-state index contributed by atoms with van der Waals surface area (Å²) in [7, 11) is 0. The zero-order valence-electron chi connectivity index (χ0n) is 10.5. The second-order valence-electron chi connectivity index (χ2n) is 3.35. The minimum Gasteiger partial charge on any atom is -0.478 e. The molecule has 0 saturated heterocycles. The summed E-state index contributed by atoms with van der Waals surface area (Å²) in [6, 6.07) is 6.01. The molecule has 17 heavy (non-hydrogen) atoms. The Hall–Kier alpha value is -1.84. The topological polar surface area (TPSA) is 70.4 Å². The normalized spacial score (nSPS) is 8.88. The number of carboxylic acid groups (broad SMARTS) is 1. The molecule has 2 N–H and O–H groups in total. The molecule has 0 aliphatic rings. The van der Waals surface area contributed by atoms with Crippen LogP contribution in [0.2, 0.25) is 0 Å². The smallest absolute Gasteiger partial charge is 0.335 e. The largest absolute Gasteiger partial charge is 0.478 e. The predicted octanol–water partition coefficient (Wildman–Crippen LogP) is 3.16. The number of hydrogen-bond donors (Lipinski definition) is 2. The first-order valence-corrected chi connectivity index (χ1v) is 5.61. The van der Waals surface area contributed by atoms with E-state index in [0.717, 1.165) is 0 Å². The summed E-state index contributed by atoms with van der Waals surface area (Å²) < 4.78 is 4.96. The summed E-state index contributed by atoms with van der Waals surface area (Å²) in [4.78, 5) is 10.5. The molecule has 0 aliphatic carbocycles. The van der Waals surface area contributed by atoms with E-state index in [0.29, 0.717) is 12.2 Å². The maximum absolute atomic E-state index is 10.5. The van der Waals surface area contributed by atoms with E-state index < -0.39 is 5.97 Å². The van der Waals surface area contributed by atoms with Gasteiger partial charge in [0.15, 0.2) is 0 Å². The average molecular weight is 237 g/mol. The number of carbonyl (C=O) groups is 1. The van der Waals surface area contributed by atoms with E-state index >= 15 is 0 Å². The van der Waals surface area contributed by atoms with E-state index in [-0.39, 0.29) is 11.5 Å². The van der Waals surface area contributed by atoms with Gasteiger partial charge < -0.3 is 9.84 Å². The minimum atomic E-state index is -0.973. The first kappa shape index (κ1) is 15.2. The van der Waals surface area contributed by atoms with Crippen LogP contribution in [0.5, 0.6) is 0 Å². The van der Waals surface area contributed by atoms with Crippen LogP contribution >= 0.6 is 0 Å². The Bertz CT molecular complexity index is 357. The number of ether oxygens (including phenoxy) is 1. The average Bonchev–Trinajstić information content (AvgIpc) is 2.30. The molecule has 0 fully saturated rings. The molecule has 1 rings (SSSR count). The van der Waals surface area contributed by atoms with Crippen LogP contribution < -0.4 is 0 Å². The third kappa shape index (κ3) is 5.70. The second kappa shape index (κ2) is 8.33. The van der Waals surface area contributed by atoms with Crippen molar-refractivity contribution in [1.82, 2.24) is 0 Å². The van der Waals surface area contributed by atoms with E-state index in [9.17, 15) is 4.79 Å². The van der Waals surface area contributed by atoms with Crippen molar-refractivity contribution in [2.24, 2.45) is 0 Å². The summed E-state index contributed by atoms with van der Waals surface area (Å²) >= 11 is 0. The standard InChI is InChI=1S/C10H11NO3.C3H8/c1-2-14-9(11)7-3-5-8(6-4-7)10(12)13;1-3-2/h3-6,11H,2H2,1H3,(H,12,13);3H2,1-2H3. The van der Waals surface area contributed by atoms with Crippen molar-refractivity contribution in [2.45, 2.75) is 27.2 Å². The van der Waals surface area contributed by atoms with E-state index in [1.54, 1.807) is 19.1 Å². The first-order chi connectivity index (χ1) is 8.06. The van der Waals surface area contributed by atoms with Crippen molar-refractivity contribution < 1.29 is 14.6 Å². The third-order valence-corrected chi connectivity index (χ3v) is 1.68. The van der Waals surface area contributed by atoms with E-state index in [1.165, 1.54) is 18.6 Å². The molecule has 0 amide bonds. The molecule has 0 unspecified atom stereocenters. The molecule has 4 heteroatoms. The fraction of sp³-hybridized carbons (Fsp3) is 0.385. The number of nitrogens with one attached hydrogen (secondary N) is 1. The van der Waals surface area contributed by atoms with Gasteiger partial charge in [-0.15, -0.1) is 0 Å². The Morgan fingerprint density at radius 2 is 1.59 bits per heavy atom. The lowest BCUT2D eigenvalue weighted by molar-refractivity contribution is 0.0697. The molecule has 94 valence electrons. The fourth-order valence-electron chi connectivity index (χ4n) is 0.992. The summed E-state index contributed by atoms with van der Waals surface area (Å²) in [5.74, 6) is -0.913. The van der Waals surface area contributed by atoms with Gasteiger partial charge >= 0.3 is 5.97 Å². The van der Waals surface area contributed by atoms with Crippen LogP contribution in [0, 0.1) is 5.41 Å². The highest BCUT2D eigenvalue weighted by atomic mass is 16.5. The number of hydrogen-bond acceptors (Lipinski definition) is 3. The number of benzene rings is 1. The lowest BCUT2D eigenvalue weighted by Gasteiger charge is -2.04. The van der Waals surface area contributed by atoms with Crippen LogP contribution in [0.3, 0.4) is 0 Å². The highest BCUT2D eigenvalue weighted by molar-refractivity contribution is 5.93. The molecule has 0 saturated carbocycles. The van der Waals surface area contributed by atoms with Crippen molar-refractivity contribution in [1.29, 1.82) is 5.41 Å². The summed E-state index contributed by atoms with van der Waals surface area (Å²) in [5, 5.41) is 16.1. The van der Waals surface area contributed by atoms with Gasteiger partial charge in [0.05, 0.1) is 12.2 Å². The molecule has 4 nitrogen and oxygen atoms in total. The molecule has 0 aromatic heterocycles. The molecule has 0 atom stereocenters. The maximum atomic E-state index is 10.5. The van der Waals surface area contributed by atoms with Crippen LogP contribution in [0.4, 0.5) is 0 Å². The van der Waals surface area contributed by atoms with Gasteiger partial charge in [0, 0.05) is 5.56 Å². The Balaban J connectivity index is 0.000000770. The Morgan fingerprint density at radius 3 is 1.94 bits per heavy atom. The van der Waals surface area contributed by atoms with E-state index in [4.69, 9.17) is 15.3 Å². The number of aromatic carboxylic acids is 1. The van der Waals surface area contributed by atoms with Crippen molar-refractivity contribution in [3.8, 4) is 0 Å². The van der Waals surface area contributed by atoms with E-state index in [2.05, 4.69) is 13.8 Å². The Labute approximate surface area is 102 Å². The zero-order valence-corrected chi connectivity index (χ0v) is 10.5. The monoisotopic (exact) mass is 237 g/mol. The molecular weight excluding hydrogens is 218 g/mol. The number of rotatable bonds is 3. The molecule has 1 aromatic carbocycles. The number of carboxylic acids is 1. The fourth-order valence-corrected chi connectivity index (χ4v) is 0.992. The van der Waals surface area contributed by atoms with Crippen molar-refractivity contribution >= 4 is 11.9 Å². The van der Waals surface area contributed by atoms with Gasteiger partial charge in [0.25, 0.3) is 0 Å². The molecule has 0 aliphatic heterocycles. The van der Waals surface area contributed by atoms with E-state index in [1.807, 2.05) is 0 Å². The highest BCUT2D eigenvalue weighted by Gasteiger charge is 2.04. The van der Waals surface area contributed by atoms with Crippen LogP contribution in [0.1, 0.15) is 43.1 Å². The molecular formula is C13H19NO3. The van der Waals surface area contributed by atoms with Crippen molar-refractivity contribution in [2.75, 3.05) is 6.61 Å². The molecule has 0 radical (unpaired) electrons. The first-order valence-electron chi connectivity index (χ1n) is 5.61. The highest BCUT2D eigenvalue weighted by Crippen LogP contribution is 2.05. The van der Waals surface area contributed by atoms with Gasteiger partial charge in [-0.1, -0.05) is 20.3 Å². The third-order valence-electron chi connectivity index (χ3n) is 1.68. The van der Waals surface area contributed by atoms with Gasteiger partial charge in [-0.3, -0.25) is 5.41 Å². The van der Waals surface area contributed by atoms with Crippen molar-refractivity contribution in [3.05, 3.63) is 35.4 Å². The Morgan fingerprint density at radius 1 is 1.18 bits per heavy atom. The zero-order chi connectivity index (χ0) is 13.3. The van der Waals surface area contributed by atoms with Gasteiger partial charge in [0.1, 0.15) is 0 Å². The van der Waals surface area contributed by atoms with Gasteiger partial charge in [0.2, 0.25) is 5.90 Å². The lowest BCUT2D eigenvalue weighted by Crippen LogP contribution is -2.05. The molecule has 0 bridgehead atoms. The minimum absolute atomic E-state index is 0.0597. The van der Waals surface area contributed by atoms with Crippen LogP contribution in [-0.4, -0.2) is 23.6 Å². The van der Waals surface area contributed by atoms with Gasteiger partial charge in [-0.05, 0) is 31.2 Å². The SMILES string of the molecule is CCC.CCOC(=N)c1ccc(C(=O)O)cc1. The van der Waals surface area contributed by atoms with Crippen molar-refractivity contribution in [3.63, 3.8) is 0 Å². The van der Waals surface area contributed by atoms with Crippen LogP contribution in [-0.2, 0) is 4.74 Å². The van der Waals surface area contributed by atoms with Crippen LogP contribution in [0.25, 0.3) is 0 Å². The van der Waals surface area contributed by atoms with Crippen LogP contribution in [0.15, 0.2) is 24.3 Å². The quantitative estimate of drug-likeness (QED) is 0.626. The Kier molecular flexibility index (Phi) is 7.43. The van der Waals surface area contributed by atoms with Gasteiger partial charge in [-0.2, -0.15) is 0 Å². The summed E-state index contributed by atoms with van der Waals surface area (Å²) in [6.45, 7) is 6.47. The second-order valence-corrected chi connectivity index (χ2v) is 3.35. The predicted molar refractivity (Wildman–Crippen MR) is 67.8 cm³/mol. The summed E-state index contributed by atoms with van der Waals surface area (Å²) in [5.41, 5.74) is 0.787. The van der Waals surface area contributed by atoms with Gasteiger partial charge in [-0.25, -0.2) is 4.79 Å². The molecule has 0 spiro atoms. The molecule has 1 aromatic rings. The summed E-state index contributed by atoms with van der Waals surface area (Å²) in [6.07, 6.45) is 1.25. The lowest BCUT2D eigenvalue weighted by atomic mass is 10.1. The maximum Gasteiger partial charge on any atom is 0.335 e. The molecule has 0 heterocycles.